The van der Waals surface area contributed by atoms with Gasteiger partial charge in [-0.05, 0) is 49.3 Å². The lowest BCUT2D eigenvalue weighted by Gasteiger charge is -2.27. The van der Waals surface area contributed by atoms with E-state index in [4.69, 9.17) is 0 Å². The van der Waals surface area contributed by atoms with Gasteiger partial charge < -0.3 is 0 Å². The zero-order valence-corrected chi connectivity index (χ0v) is 10.3. The summed E-state index contributed by atoms with van der Waals surface area (Å²) in [5.41, 5.74) is 1.22. The number of rotatable bonds is 3. The molecule has 1 aromatic carbocycles. The van der Waals surface area contributed by atoms with Gasteiger partial charge >= 0.3 is 0 Å². The molecule has 2 rings (SSSR count). The first-order chi connectivity index (χ1) is 8.20. The van der Waals surface area contributed by atoms with Crippen molar-refractivity contribution in [2.45, 2.75) is 44.9 Å². The summed E-state index contributed by atoms with van der Waals surface area (Å²) in [6, 6.07) is 6.81. The Morgan fingerprint density at radius 3 is 2.29 bits per heavy atom. The lowest BCUT2D eigenvalue weighted by Crippen LogP contribution is -2.20. The van der Waals surface area contributed by atoms with Crippen molar-refractivity contribution in [1.29, 1.82) is 0 Å². The molecule has 0 radical (unpaired) electrons. The van der Waals surface area contributed by atoms with Crippen molar-refractivity contribution in [3.05, 3.63) is 35.6 Å². The predicted octanol–water partition coefficient (Wildman–Crippen LogP) is 4.08. The van der Waals surface area contributed by atoms with Gasteiger partial charge in [0.15, 0.2) is 0 Å². The molecule has 0 unspecified atom stereocenters. The van der Waals surface area contributed by atoms with Crippen LogP contribution in [0.2, 0.25) is 0 Å². The topological polar surface area (TPSA) is 17.1 Å². The Hall–Kier alpha value is -1.18. The van der Waals surface area contributed by atoms with E-state index in [-0.39, 0.29) is 11.7 Å². The second-order valence-electron chi connectivity index (χ2n) is 4.92. The van der Waals surface area contributed by atoms with Crippen LogP contribution < -0.4 is 0 Å². The molecular formula is C15H19FO. The van der Waals surface area contributed by atoms with Gasteiger partial charge in [-0.3, -0.25) is 4.79 Å². The highest BCUT2D eigenvalue weighted by Gasteiger charge is 2.25. The molecule has 0 bridgehead atoms. The molecule has 0 saturated heterocycles. The summed E-state index contributed by atoms with van der Waals surface area (Å²) in [4.78, 5) is 11.6. The number of hydrogen-bond acceptors (Lipinski definition) is 1. The number of hydrogen-bond donors (Lipinski definition) is 0. The maximum atomic E-state index is 12.8. The van der Waals surface area contributed by atoms with E-state index in [2.05, 4.69) is 0 Å². The first kappa shape index (κ1) is 12.3. The van der Waals surface area contributed by atoms with Crippen LogP contribution in [-0.2, 0) is 4.79 Å². The van der Waals surface area contributed by atoms with E-state index in [1.165, 1.54) is 17.7 Å². The monoisotopic (exact) mass is 234 g/mol. The van der Waals surface area contributed by atoms with Crippen molar-refractivity contribution in [3.8, 4) is 0 Å². The smallest absolute Gasteiger partial charge is 0.135 e. The maximum Gasteiger partial charge on any atom is 0.135 e. The van der Waals surface area contributed by atoms with Crippen LogP contribution in [0.15, 0.2) is 24.3 Å². The average molecular weight is 234 g/mol. The van der Waals surface area contributed by atoms with Crippen LogP contribution >= 0.6 is 0 Å². The fourth-order valence-electron chi connectivity index (χ4n) is 2.77. The van der Waals surface area contributed by atoms with E-state index in [0.29, 0.717) is 18.1 Å². The molecule has 0 aliphatic heterocycles. The van der Waals surface area contributed by atoms with Crippen molar-refractivity contribution in [1.82, 2.24) is 0 Å². The van der Waals surface area contributed by atoms with Gasteiger partial charge in [-0.1, -0.05) is 19.1 Å². The summed E-state index contributed by atoms with van der Waals surface area (Å²) in [5.74, 6) is 1.01. The normalized spacial score (nSPS) is 24.6. The quantitative estimate of drug-likeness (QED) is 0.770. The number of benzene rings is 1. The molecule has 0 aromatic heterocycles. The lowest BCUT2D eigenvalue weighted by molar-refractivity contribution is -0.123. The highest BCUT2D eigenvalue weighted by molar-refractivity contribution is 5.80. The van der Waals surface area contributed by atoms with E-state index in [1.807, 2.05) is 19.1 Å². The molecule has 0 spiro atoms. The van der Waals surface area contributed by atoms with Crippen LogP contribution in [0, 0.1) is 11.7 Å². The zero-order valence-electron chi connectivity index (χ0n) is 10.3. The summed E-state index contributed by atoms with van der Waals surface area (Å²) >= 11 is 0. The van der Waals surface area contributed by atoms with E-state index in [1.54, 1.807) is 0 Å². The van der Waals surface area contributed by atoms with Crippen LogP contribution in [0.3, 0.4) is 0 Å². The molecule has 92 valence electrons. The first-order valence-corrected chi connectivity index (χ1v) is 6.49. The van der Waals surface area contributed by atoms with Crippen molar-refractivity contribution in [3.63, 3.8) is 0 Å². The molecule has 1 aromatic rings. The minimum Gasteiger partial charge on any atom is -0.299 e. The fraction of sp³-hybridized carbons (Fsp3) is 0.533. The van der Waals surface area contributed by atoms with Crippen LogP contribution in [0.5, 0.6) is 0 Å². The molecule has 0 amide bonds. The predicted molar refractivity (Wildman–Crippen MR) is 66.4 cm³/mol. The molecule has 1 aliphatic carbocycles. The Morgan fingerprint density at radius 1 is 1.18 bits per heavy atom. The Kier molecular flexibility index (Phi) is 3.93. The Morgan fingerprint density at radius 2 is 1.76 bits per heavy atom. The second-order valence-corrected chi connectivity index (χ2v) is 4.92. The number of carbonyl (C=O) groups excluding carboxylic acids is 1. The highest BCUT2D eigenvalue weighted by Crippen LogP contribution is 2.36. The maximum absolute atomic E-state index is 12.8. The van der Waals surface area contributed by atoms with Gasteiger partial charge in [-0.25, -0.2) is 4.39 Å². The van der Waals surface area contributed by atoms with Gasteiger partial charge in [0.05, 0.1) is 0 Å². The van der Waals surface area contributed by atoms with Gasteiger partial charge in [-0.15, -0.1) is 0 Å². The largest absolute Gasteiger partial charge is 0.299 e. The van der Waals surface area contributed by atoms with Crippen LogP contribution in [0.1, 0.15) is 50.5 Å². The molecule has 2 heteroatoms. The molecule has 0 atom stereocenters. The molecule has 1 aliphatic rings. The zero-order chi connectivity index (χ0) is 12.3. The molecular weight excluding hydrogens is 215 g/mol. The standard InChI is InChI=1S/C15H19FO/c1-2-15(17)13-5-3-11(4-6-13)12-7-9-14(16)10-8-12/h7-11,13H,2-6H2,1H3/t11-,13-. The van der Waals surface area contributed by atoms with Crippen molar-refractivity contribution in [2.75, 3.05) is 0 Å². The van der Waals surface area contributed by atoms with Gasteiger partial charge in [0.2, 0.25) is 0 Å². The van der Waals surface area contributed by atoms with Gasteiger partial charge in [0.1, 0.15) is 11.6 Å². The molecule has 17 heavy (non-hydrogen) atoms. The number of carbonyl (C=O) groups is 1. The number of ketones is 1. The third-order valence-electron chi connectivity index (χ3n) is 3.87. The van der Waals surface area contributed by atoms with Gasteiger partial charge in [-0.2, -0.15) is 0 Å². The fourth-order valence-corrected chi connectivity index (χ4v) is 2.77. The van der Waals surface area contributed by atoms with Crippen molar-refractivity contribution < 1.29 is 9.18 Å². The van der Waals surface area contributed by atoms with Gasteiger partial charge in [0, 0.05) is 12.3 Å². The third kappa shape index (κ3) is 2.93. The second kappa shape index (κ2) is 5.44. The van der Waals surface area contributed by atoms with E-state index < -0.39 is 0 Å². The Balaban J connectivity index is 1.95. The summed E-state index contributed by atoms with van der Waals surface area (Å²) in [5, 5.41) is 0. The number of halogens is 1. The summed E-state index contributed by atoms with van der Waals surface area (Å²) in [6.45, 7) is 1.94. The third-order valence-corrected chi connectivity index (χ3v) is 3.87. The molecule has 1 saturated carbocycles. The van der Waals surface area contributed by atoms with Crippen LogP contribution in [0.4, 0.5) is 4.39 Å². The molecule has 1 fully saturated rings. The van der Waals surface area contributed by atoms with Crippen LogP contribution in [-0.4, -0.2) is 5.78 Å². The Labute approximate surface area is 102 Å². The Bertz CT molecular complexity index is 374. The minimum absolute atomic E-state index is 0.177. The van der Waals surface area contributed by atoms with Crippen molar-refractivity contribution >= 4 is 5.78 Å². The molecule has 1 nitrogen and oxygen atoms in total. The van der Waals surface area contributed by atoms with Gasteiger partial charge in [0.25, 0.3) is 0 Å². The summed E-state index contributed by atoms with van der Waals surface area (Å²) < 4.78 is 12.8. The van der Waals surface area contributed by atoms with Crippen LogP contribution in [0.25, 0.3) is 0 Å². The highest BCUT2D eigenvalue weighted by atomic mass is 19.1. The first-order valence-electron chi connectivity index (χ1n) is 6.49. The summed E-state index contributed by atoms with van der Waals surface area (Å²) in [7, 11) is 0. The SMILES string of the molecule is CCC(=O)[C@H]1CC[C@H](c2ccc(F)cc2)CC1. The van der Waals surface area contributed by atoms with Crippen molar-refractivity contribution in [2.24, 2.45) is 5.92 Å². The molecule has 0 heterocycles. The lowest BCUT2D eigenvalue weighted by atomic mass is 9.77. The van der Waals surface area contributed by atoms with E-state index >= 15 is 0 Å². The molecule has 0 N–H and O–H groups in total. The summed E-state index contributed by atoms with van der Waals surface area (Å²) in [6.07, 6.45) is 4.76. The average Bonchev–Trinajstić information content (AvgIpc) is 2.39. The van der Waals surface area contributed by atoms with E-state index in [0.717, 1.165) is 25.7 Å². The van der Waals surface area contributed by atoms with E-state index in [9.17, 15) is 9.18 Å². The minimum atomic E-state index is -0.177. The number of Topliss-reactive ketones (excluding diaryl/α,β-unsaturated/α-hetero) is 1.